The summed E-state index contributed by atoms with van der Waals surface area (Å²) in [6, 6.07) is 20.3. The monoisotopic (exact) mass is 397 g/mol. The number of nitrogens with zero attached hydrogens (tertiary/aromatic N) is 4. The summed E-state index contributed by atoms with van der Waals surface area (Å²) in [6.45, 7) is 1.86. The van der Waals surface area contributed by atoms with Crippen molar-refractivity contribution >= 4 is 17.4 Å². The van der Waals surface area contributed by atoms with Crippen LogP contribution in [-0.2, 0) is 0 Å². The minimum atomic E-state index is -0.296. The van der Waals surface area contributed by atoms with Crippen molar-refractivity contribution in [3.8, 4) is 17.5 Å². The van der Waals surface area contributed by atoms with Crippen LogP contribution in [0, 0.1) is 11.3 Å². The molecule has 6 nitrogen and oxygen atoms in total. The highest BCUT2D eigenvalue weighted by atomic mass is 16.1. The molecule has 1 aliphatic rings. The van der Waals surface area contributed by atoms with Gasteiger partial charge < -0.3 is 10.2 Å². The molecule has 0 saturated carbocycles. The topological polar surface area (TPSA) is 81.9 Å². The second-order valence-electron chi connectivity index (χ2n) is 7.35. The summed E-state index contributed by atoms with van der Waals surface area (Å²) >= 11 is 0. The van der Waals surface area contributed by atoms with Crippen LogP contribution in [-0.4, -0.2) is 29.0 Å². The Hall–Kier alpha value is -3.72. The molecule has 2 heterocycles. The van der Waals surface area contributed by atoms with Gasteiger partial charge in [0.05, 0.1) is 11.6 Å². The highest BCUT2D eigenvalue weighted by Crippen LogP contribution is 2.23. The van der Waals surface area contributed by atoms with Crippen molar-refractivity contribution in [3.63, 3.8) is 0 Å². The first-order valence-corrected chi connectivity index (χ1v) is 10.2. The van der Waals surface area contributed by atoms with E-state index < -0.39 is 0 Å². The van der Waals surface area contributed by atoms with E-state index in [1.165, 1.54) is 12.8 Å². The molecule has 1 aromatic heterocycles. The quantitative estimate of drug-likeness (QED) is 0.693. The molecule has 0 radical (unpaired) electrons. The number of hydrogen-bond acceptors (Lipinski definition) is 5. The zero-order chi connectivity index (χ0) is 20.8. The summed E-state index contributed by atoms with van der Waals surface area (Å²) in [5.74, 6) is 1.04. The molecular formula is C24H23N5O. The average molecular weight is 397 g/mol. The van der Waals surface area contributed by atoms with Gasteiger partial charge in [0.1, 0.15) is 11.5 Å². The molecule has 1 amide bonds. The Balaban J connectivity index is 1.67. The summed E-state index contributed by atoms with van der Waals surface area (Å²) in [4.78, 5) is 24.5. The van der Waals surface area contributed by atoms with E-state index in [1.807, 2.05) is 30.3 Å². The van der Waals surface area contributed by atoms with Crippen LogP contribution in [0.3, 0.4) is 0 Å². The van der Waals surface area contributed by atoms with Crippen LogP contribution >= 0.6 is 0 Å². The summed E-state index contributed by atoms with van der Waals surface area (Å²) < 4.78 is 0. The van der Waals surface area contributed by atoms with Gasteiger partial charge in [0.15, 0.2) is 5.82 Å². The van der Waals surface area contributed by atoms with Crippen LogP contribution in [0.5, 0.6) is 0 Å². The number of nitrogens with one attached hydrogen (secondary N) is 1. The number of benzene rings is 2. The lowest BCUT2D eigenvalue weighted by atomic mass is 10.2. The first-order valence-electron chi connectivity index (χ1n) is 10.2. The van der Waals surface area contributed by atoms with Gasteiger partial charge >= 0.3 is 0 Å². The smallest absolute Gasteiger partial charge is 0.274 e. The van der Waals surface area contributed by atoms with Gasteiger partial charge in [0.25, 0.3) is 5.91 Å². The Kier molecular flexibility index (Phi) is 6.00. The maximum atomic E-state index is 13.0. The number of anilines is 2. The first-order chi connectivity index (χ1) is 14.7. The van der Waals surface area contributed by atoms with Crippen LogP contribution < -0.4 is 10.2 Å². The van der Waals surface area contributed by atoms with Gasteiger partial charge in [0.2, 0.25) is 0 Å². The van der Waals surface area contributed by atoms with Gasteiger partial charge in [0, 0.05) is 30.4 Å². The Morgan fingerprint density at radius 1 is 0.933 bits per heavy atom. The Morgan fingerprint density at radius 2 is 1.63 bits per heavy atom. The Morgan fingerprint density at radius 3 is 2.30 bits per heavy atom. The highest BCUT2D eigenvalue weighted by molar-refractivity contribution is 6.03. The van der Waals surface area contributed by atoms with Crippen molar-refractivity contribution in [2.24, 2.45) is 0 Å². The Labute approximate surface area is 176 Å². The molecule has 3 aromatic rings. The third-order valence-corrected chi connectivity index (χ3v) is 5.18. The van der Waals surface area contributed by atoms with Crippen LogP contribution in [0.4, 0.5) is 11.5 Å². The van der Waals surface area contributed by atoms with Crippen molar-refractivity contribution in [2.75, 3.05) is 23.3 Å². The van der Waals surface area contributed by atoms with Crippen LogP contribution in [0.15, 0.2) is 60.7 Å². The number of carbonyl (C=O) groups excluding carboxylic acids is 1. The zero-order valence-electron chi connectivity index (χ0n) is 16.7. The second kappa shape index (κ2) is 9.19. The van der Waals surface area contributed by atoms with Crippen molar-refractivity contribution in [2.45, 2.75) is 25.7 Å². The van der Waals surface area contributed by atoms with Crippen LogP contribution in [0.25, 0.3) is 11.4 Å². The first kappa shape index (κ1) is 19.6. The molecular weight excluding hydrogens is 374 g/mol. The van der Waals surface area contributed by atoms with E-state index >= 15 is 0 Å². The normalized spacial score (nSPS) is 13.9. The van der Waals surface area contributed by atoms with E-state index in [1.54, 1.807) is 30.3 Å². The third-order valence-electron chi connectivity index (χ3n) is 5.18. The summed E-state index contributed by atoms with van der Waals surface area (Å²) in [5, 5.41) is 11.8. The molecule has 4 rings (SSSR count). The molecule has 150 valence electrons. The summed E-state index contributed by atoms with van der Waals surface area (Å²) in [7, 11) is 0. The van der Waals surface area contributed by atoms with E-state index in [-0.39, 0.29) is 5.91 Å². The van der Waals surface area contributed by atoms with E-state index in [0.29, 0.717) is 22.8 Å². The predicted molar refractivity (Wildman–Crippen MR) is 117 cm³/mol. The van der Waals surface area contributed by atoms with Crippen LogP contribution in [0.2, 0.25) is 0 Å². The molecule has 1 saturated heterocycles. The molecule has 2 aromatic carbocycles. The maximum Gasteiger partial charge on any atom is 0.274 e. The summed E-state index contributed by atoms with van der Waals surface area (Å²) in [6.07, 6.45) is 4.69. The number of aromatic nitrogens is 2. The zero-order valence-corrected chi connectivity index (χ0v) is 16.7. The fourth-order valence-electron chi connectivity index (χ4n) is 3.55. The van der Waals surface area contributed by atoms with Crippen LogP contribution in [0.1, 0.15) is 41.7 Å². The molecule has 0 unspecified atom stereocenters. The van der Waals surface area contributed by atoms with Gasteiger partial charge in [-0.25, -0.2) is 9.97 Å². The molecule has 0 spiro atoms. The number of hydrogen-bond donors (Lipinski definition) is 1. The predicted octanol–water partition coefficient (Wildman–Crippen LogP) is 4.65. The van der Waals surface area contributed by atoms with Gasteiger partial charge in [-0.1, -0.05) is 43.2 Å². The fraction of sp³-hybridized carbons (Fsp3) is 0.250. The van der Waals surface area contributed by atoms with Gasteiger partial charge in [-0.05, 0) is 37.1 Å². The number of carbonyl (C=O) groups is 1. The standard InChI is InChI=1S/C24H23N5O/c25-17-18-10-12-20(13-11-18)26-24(30)21-16-22(29-14-6-1-2-7-15-29)28-23(27-21)19-8-4-3-5-9-19/h3-5,8-13,16H,1-2,6-7,14-15H2,(H,26,30). The molecule has 0 aliphatic carbocycles. The van der Waals surface area contributed by atoms with E-state index in [4.69, 9.17) is 10.2 Å². The number of nitriles is 1. The Bertz CT molecular complexity index is 1050. The average Bonchev–Trinajstić information content (AvgIpc) is 3.09. The van der Waals surface area contributed by atoms with E-state index in [9.17, 15) is 4.79 Å². The van der Waals surface area contributed by atoms with Crippen molar-refractivity contribution in [1.82, 2.24) is 9.97 Å². The lowest BCUT2D eigenvalue weighted by molar-refractivity contribution is 0.102. The summed E-state index contributed by atoms with van der Waals surface area (Å²) in [5.41, 5.74) is 2.37. The lowest BCUT2D eigenvalue weighted by Gasteiger charge is -2.22. The maximum absolute atomic E-state index is 13.0. The number of rotatable bonds is 4. The molecule has 0 bridgehead atoms. The highest BCUT2D eigenvalue weighted by Gasteiger charge is 2.18. The third kappa shape index (κ3) is 4.64. The van der Waals surface area contributed by atoms with Crippen molar-refractivity contribution < 1.29 is 4.79 Å². The SMILES string of the molecule is N#Cc1ccc(NC(=O)c2cc(N3CCCCCC3)nc(-c3ccccc3)n2)cc1. The molecule has 1 N–H and O–H groups in total. The molecule has 6 heteroatoms. The van der Waals surface area contributed by atoms with Crippen molar-refractivity contribution in [1.29, 1.82) is 5.26 Å². The largest absolute Gasteiger partial charge is 0.356 e. The van der Waals surface area contributed by atoms with Gasteiger partial charge in [-0.3, -0.25) is 4.79 Å². The lowest BCUT2D eigenvalue weighted by Crippen LogP contribution is -2.26. The molecule has 30 heavy (non-hydrogen) atoms. The van der Waals surface area contributed by atoms with E-state index in [0.717, 1.165) is 37.3 Å². The van der Waals surface area contributed by atoms with Gasteiger partial charge in [-0.2, -0.15) is 5.26 Å². The fourth-order valence-corrected chi connectivity index (χ4v) is 3.55. The minimum absolute atomic E-state index is 0.296. The van der Waals surface area contributed by atoms with E-state index in [2.05, 4.69) is 21.3 Å². The van der Waals surface area contributed by atoms with Crippen molar-refractivity contribution in [3.05, 3.63) is 71.9 Å². The number of amides is 1. The second-order valence-corrected chi connectivity index (χ2v) is 7.35. The minimum Gasteiger partial charge on any atom is -0.356 e. The molecule has 1 fully saturated rings. The molecule has 0 atom stereocenters. The molecule has 1 aliphatic heterocycles. The van der Waals surface area contributed by atoms with Gasteiger partial charge in [-0.15, -0.1) is 0 Å².